The zero-order chi connectivity index (χ0) is 8.70. The van der Waals surface area contributed by atoms with Crippen LogP contribution in [0.15, 0.2) is 0 Å². The van der Waals surface area contributed by atoms with E-state index in [2.05, 4.69) is 4.74 Å². The number of morpholine rings is 1. The Labute approximate surface area is 44.5 Å². The Morgan fingerprint density at radius 2 is 2.67 bits per heavy atom. The molecular weight excluding hydrogens is 78.0 g/mol. The molecule has 36 valence electrons. The van der Waals surface area contributed by atoms with Crippen LogP contribution in [0.2, 0.25) is 0 Å². The van der Waals surface area contributed by atoms with Gasteiger partial charge in [-0.05, 0) is 0 Å². The van der Waals surface area contributed by atoms with Gasteiger partial charge < -0.3 is 10.1 Å². The second kappa shape index (κ2) is 2.16. The van der Waals surface area contributed by atoms with E-state index < -0.39 is 19.6 Å². The van der Waals surface area contributed by atoms with E-state index in [9.17, 15) is 0 Å². The van der Waals surface area contributed by atoms with Crippen LogP contribution >= 0.6 is 0 Å². The van der Waals surface area contributed by atoms with Crippen molar-refractivity contribution in [2.75, 3.05) is 26.2 Å². The van der Waals surface area contributed by atoms with Crippen LogP contribution < -0.4 is 5.32 Å². The van der Waals surface area contributed by atoms with Gasteiger partial charge in [-0.3, -0.25) is 0 Å². The van der Waals surface area contributed by atoms with Crippen molar-refractivity contribution in [3.05, 3.63) is 0 Å². The first-order valence-electron chi connectivity index (χ1n) is 4.24. The quantitative estimate of drug-likeness (QED) is 0.439. The molecule has 0 aliphatic carbocycles. The van der Waals surface area contributed by atoms with E-state index in [0.717, 1.165) is 0 Å². The summed E-state index contributed by atoms with van der Waals surface area (Å²) >= 11 is 0. The van der Waals surface area contributed by atoms with Crippen LogP contribution in [-0.4, -0.2) is 26.2 Å². The second-order valence-electron chi connectivity index (χ2n) is 0.875. The van der Waals surface area contributed by atoms with E-state index in [0.29, 0.717) is 0 Å². The first-order valence-corrected chi connectivity index (χ1v) is 1.67. The summed E-state index contributed by atoms with van der Waals surface area (Å²) in [5, 5.41) is 2.04. The zero-order valence-corrected chi connectivity index (χ0v) is 3.19. The van der Waals surface area contributed by atoms with Gasteiger partial charge in [0.1, 0.15) is 0 Å². The van der Waals surface area contributed by atoms with Crippen LogP contribution in [-0.2, 0) is 4.74 Å². The molecule has 0 amide bonds. The molecular formula is C4H9NO. The van der Waals surface area contributed by atoms with Gasteiger partial charge in [-0.15, -0.1) is 0 Å². The average molecular weight is 92.2 g/mol. The van der Waals surface area contributed by atoms with Gasteiger partial charge in [-0.25, -0.2) is 0 Å². The molecule has 0 aromatic carbocycles. The zero-order valence-electron chi connectivity index (χ0n) is 8.19. The first kappa shape index (κ1) is 1.20. The highest BCUT2D eigenvalue weighted by molar-refractivity contribution is 4.49. The second-order valence-corrected chi connectivity index (χ2v) is 0.875. The van der Waals surface area contributed by atoms with Crippen molar-refractivity contribution < 1.29 is 11.6 Å². The molecule has 0 spiro atoms. The summed E-state index contributed by atoms with van der Waals surface area (Å²) in [7, 11) is 0. The van der Waals surface area contributed by atoms with Crippen molar-refractivity contribution in [1.82, 2.24) is 5.32 Å². The lowest BCUT2D eigenvalue weighted by atomic mass is 10.5. The van der Waals surface area contributed by atoms with Gasteiger partial charge in [0.2, 0.25) is 0 Å². The van der Waals surface area contributed by atoms with E-state index in [4.69, 9.17) is 6.85 Å². The molecule has 0 bridgehead atoms. The lowest BCUT2D eigenvalue weighted by Gasteiger charge is -2.10. The minimum absolute atomic E-state index is 0.291. The van der Waals surface area contributed by atoms with Crippen molar-refractivity contribution in [2.24, 2.45) is 0 Å². The highest BCUT2D eigenvalue weighted by Crippen LogP contribution is 1.76. The smallest absolute Gasteiger partial charge is 0.0591 e. The molecule has 1 aliphatic rings. The van der Waals surface area contributed by atoms with Crippen molar-refractivity contribution in [1.29, 1.82) is 0 Å². The molecule has 1 N–H and O–H groups in total. The molecule has 1 aliphatic heterocycles. The molecule has 0 aromatic heterocycles. The van der Waals surface area contributed by atoms with Gasteiger partial charge in [-0.1, -0.05) is 0 Å². The van der Waals surface area contributed by atoms with Gasteiger partial charge in [0.25, 0.3) is 0 Å². The minimum atomic E-state index is -2.11. The van der Waals surface area contributed by atoms with Crippen LogP contribution in [0.25, 0.3) is 0 Å². The van der Waals surface area contributed by atoms with Gasteiger partial charge in [0.05, 0.1) is 14.6 Å². The molecule has 1 atom stereocenters. The third-order valence-corrected chi connectivity index (χ3v) is 0.458. The Morgan fingerprint density at radius 1 is 1.67 bits per heavy atom. The van der Waals surface area contributed by atoms with E-state index >= 15 is 0 Å². The SMILES string of the molecule is [2H]C1OCC([2H])([2H])NC1([2H])[2H]. The van der Waals surface area contributed by atoms with Crippen molar-refractivity contribution >= 4 is 0 Å². The highest BCUT2D eigenvalue weighted by Gasteiger charge is 1.92. The van der Waals surface area contributed by atoms with Crippen molar-refractivity contribution in [3.8, 4) is 0 Å². The third-order valence-electron chi connectivity index (χ3n) is 0.458. The number of ether oxygens (including phenoxy) is 1. The Bertz CT molecular complexity index is 161. The molecule has 1 rings (SSSR count). The largest absolute Gasteiger partial charge is 0.379 e. The molecule has 1 saturated heterocycles. The summed E-state index contributed by atoms with van der Waals surface area (Å²) < 4.78 is 39.9. The fourth-order valence-electron chi connectivity index (χ4n) is 0.242. The van der Waals surface area contributed by atoms with Crippen LogP contribution in [0.1, 0.15) is 6.85 Å². The molecule has 0 aromatic rings. The molecule has 1 fully saturated rings. The van der Waals surface area contributed by atoms with Crippen molar-refractivity contribution in [3.63, 3.8) is 0 Å². The molecule has 2 heteroatoms. The molecule has 1 unspecified atom stereocenters. The highest BCUT2D eigenvalue weighted by atomic mass is 16.5. The Hall–Kier alpha value is -0.0800. The minimum Gasteiger partial charge on any atom is -0.379 e. The monoisotopic (exact) mass is 92.1 g/mol. The van der Waals surface area contributed by atoms with E-state index in [-0.39, 0.29) is 6.61 Å². The lowest BCUT2D eigenvalue weighted by molar-refractivity contribution is 0.109. The standard InChI is InChI=1S/C4H9NO/c1-3-6-4-2-5-1/h5H,1-4H2/i1D2,2D2,3D. The van der Waals surface area contributed by atoms with Crippen LogP contribution in [0.5, 0.6) is 0 Å². The van der Waals surface area contributed by atoms with E-state index in [1.54, 1.807) is 0 Å². The number of rotatable bonds is 0. The normalized spacial score (nSPS) is 65.3. The van der Waals surface area contributed by atoms with Gasteiger partial charge in [-0.2, -0.15) is 0 Å². The summed E-state index contributed by atoms with van der Waals surface area (Å²) in [5.41, 5.74) is 0. The maximum atomic E-state index is 7.09. The fourth-order valence-corrected chi connectivity index (χ4v) is 0.242. The summed E-state index contributed by atoms with van der Waals surface area (Å²) in [6.45, 7) is -5.63. The summed E-state index contributed by atoms with van der Waals surface area (Å²) in [5.74, 6) is 0. The van der Waals surface area contributed by atoms with E-state index in [1.165, 1.54) is 0 Å². The first-order chi connectivity index (χ1) is 4.83. The van der Waals surface area contributed by atoms with Gasteiger partial charge in [0, 0.05) is 18.5 Å². The molecule has 1 heterocycles. The van der Waals surface area contributed by atoms with E-state index in [1.807, 2.05) is 5.32 Å². The van der Waals surface area contributed by atoms with Crippen LogP contribution in [0, 0.1) is 0 Å². The third kappa shape index (κ3) is 0.954. The summed E-state index contributed by atoms with van der Waals surface area (Å²) in [4.78, 5) is 0. The van der Waals surface area contributed by atoms with Crippen LogP contribution in [0.3, 0.4) is 0 Å². The number of hydrogen-bond acceptors (Lipinski definition) is 2. The molecule has 6 heavy (non-hydrogen) atoms. The van der Waals surface area contributed by atoms with Crippen LogP contribution in [0.4, 0.5) is 0 Å². The predicted octanol–water partition coefficient (Wildman–Crippen LogP) is -0.394. The van der Waals surface area contributed by atoms with Crippen molar-refractivity contribution in [2.45, 2.75) is 0 Å². The lowest BCUT2D eigenvalue weighted by Crippen LogP contribution is -2.30. The predicted molar refractivity (Wildman–Crippen MR) is 23.7 cm³/mol. The Morgan fingerprint density at radius 3 is 3.33 bits per heavy atom. The fraction of sp³-hybridized carbons (Fsp3) is 1.00. The Balaban J connectivity index is 2.67. The Kier molecular flexibility index (Phi) is 0.432. The molecule has 0 saturated carbocycles. The van der Waals surface area contributed by atoms with Gasteiger partial charge in [0.15, 0.2) is 0 Å². The number of nitrogens with one attached hydrogen (secondary N) is 1. The van der Waals surface area contributed by atoms with Gasteiger partial charge >= 0.3 is 0 Å². The average Bonchev–Trinajstić information content (AvgIpc) is 1.77. The summed E-state index contributed by atoms with van der Waals surface area (Å²) in [6, 6.07) is 0. The molecule has 2 nitrogen and oxygen atoms in total. The topological polar surface area (TPSA) is 21.3 Å². The maximum absolute atomic E-state index is 7.09. The molecule has 0 radical (unpaired) electrons. The maximum Gasteiger partial charge on any atom is 0.0591 e. The number of hydrogen-bond donors (Lipinski definition) is 1. The summed E-state index contributed by atoms with van der Waals surface area (Å²) in [6.07, 6.45) is 0.